The number of nitrogens with zero attached hydrogens (tertiary/aromatic N) is 5. The Hall–Kier alpha value is -1.82. The Labute approximate surface area is 105 Å². The monoisotopic (exact) mass is 245 g/mol. The SMILES string of the molecule is CCC1COCc2nnc(-c3cncnc3C)n21. The van der Waals surface area contributed by atoms with Crippen molar-refractivity contribution in [2.24, 2.45) is 0 Å². The Kier molecular flexibility index (Phi) is 2.79. The van der Waals surface area contributed by atoms with Crippen LogP contribution in [0.2, 0.25) is 0 Å². The van der Waals surface area contributed by atoms with Gasteiger partial charge in [-0.1, -0.05) is 6.92 Å². The van der Waals surface area contributed by atoms with E-state index in [9.17, 15) is 0 Å². The summed E-state index contributed by atoms with van der Waals surface area (Å²) in [6.07, 6.45) is 4.33. The number of hydrogen-bond donors (Lipinski definition) is 0. The van der Waals surface area contributed by atoms with E-state index in [2.05, 4.69) is 31.7 Å². The fourth-order valence-electron chi connectivity index (χ4n) is 2.26. The molecule has 1 atom stereocenters. The number of ether oxygens (including phenoxy) is 1. The molecule has 0 aromatic carbocycles. The van der Waals surface area contributed by atoms with Crippen molar-refractivity contribution in [2.45, 2.75) is 32.9 Å². The van der Waals surface area contributed by atoms with E-state index < -0.39 is 0 Å². The molecular weight excluding hydrogens is 230 g/mol. The van der Waals surface area contributed by atoms with Crippen molar-refractivity contribution in [1.29, 1.82) is 0 Å². The van der Waals surface area contributed by atoms with Gasteiger partial charge in [-0.2, -0.15) is 0 Å². The minimum Gasteiger partial charge on any atom is -0.371 e. The van der Waals surface area contributed by atoms with Crippen LogP contribution in [0.1, 0.15) is 30.9 Å². The maximum Gasteiger partial charge on any atom is 0.167 e. The van der Waals surface area contributed by atoms with Crippen LogP contribution in [-0.4, -0.2) is 31.3 Å². The van der Waals surface area contributed by atoms with Crippen LogP contribution >= 0.6 is 0 Å². The zero-order valence-corrected chi connectivity index (χ0v) is 10.5. The lowest BCUT2D eigenvalue weighted by molar-refractivity contribution is 0.0542. The van der Waals surface area contributed by atoms with Gasteiger partial charge in [-0.05, 0) is 13.3 Å². The van der Waals surface area contributed by atoms with Crippen molar-refractivity contribution in [1.82, 2.24) is 24.7 Å². The first-order valence-electron chi connectivity index (χ1n) is 6.09. The van der Waals surface area contributed by atoms with Crippen molar-refractivity contribution in [3.8, 4) is 11.4 Å². The Morgan fingerprint density at radius 2 is 2.33 bits per heavy atom. The van der Waals surface area contributed by atoms with E-state index in [4.69, 9.17) is 4.74 Å². The molecule has 0 radical (unpaired) electrons. The van der Waals surface area contributed by atoms with Crippen molar-refractivity contribution < 1.29 is 4.74 Å². The zero-order valence-electron chi connectivity index (χ0n) is 10.5. The molecule has 18 heavy (non-hydrogen) atoms. The first-order chi connectivity index (χ1) is 8.81. The van der Waals surface area contributed by atoms with Crippen molar-refractivity contribution in [3.05, 3.63) is 24.0 Å². The third-order valence-electron chi connectivity index (χ3n) is 3.30. The van der Waals surface area contributed by atoms with Gasteiger partial charge in [0.2, 0.25) is 0 Å². The number of aromatic nitrogens is 5. The first kappa shape index (κ1) is 11.3. The summed E-state index contributed by atoms with van der Waals surface area (Å²) in [6.45, 7) is 5.33. The normalized spacial score (nSPS) is 18.7. The standard InChI is InChI=1S/C12H15N5O/c1-3-9-5-18-6-11-15-16-12(17(9)11)10-4-13-7-14-8(10)2/h4,7,9H,3,5-6H2,1-2H3. The summed E-state index contributed by atoms with van der Waals surface area (Å²) in [5.74, 6) is 1.73. The van der Waals surface area contributed by atoms with Crippen LogP contribution in [0.15, 0.2) is 12.5 Å². The Bertz CT molecular complexity index is 565. The molecule has 1 unspecified atom stereocenters. The predicted octanol–water partition coefficient (Wildman–Crippen LogP) is 1.52. The molecule has 3 heterocycles. The number of fused-ring (bicyclic) bond motifs is 1. The van der Waals surface area contributed by atoms with E-state index >= 15 is 0 Å². The largest absolute Gasteiger partial charge is 0.371 e. The van der Waals surface area contributed by atoms with E-state index in [0.717, 1.165) is 29.3 Å². The van der Waals surface area contributed by atoms with Crippen LogP contribution in [0, 0.1) is 6.92 Å². The number of rotatable bonds is 2. The molecule has 1 aliphatic heterocycles. The average Bonchev–Trinajstić information content (AvgIpc) is 2.83. The molecular formula is C12H15N5O. The molecule has 0 saturated carbocycles. The third kappa shape index (κ3) is 1.69. The van der Waals surface area contributed by atoms with Crippen LogP contribution < -0.4 is 0 Å². The van der Waals surface area contributed by atoms with Crippen molar-refractivity contribution in [2.75, 3.05) is 6.61 Å². The molecule has 6 nitrogen and oxygen atoms in total. The summed E-state index contributed by atoms with van der Waals surface area (Å²) in [6, 6.07) is 0.290. The summed E-state index contributed by atoms with van der Waals surface area (Å²) in [4.78, 5) is 8.29. The fraction of sp³-hybridized carbons (Fsp3) is 0.500. The van der Waals surface area contributed by atoms with Gasteiger partial charge in [-0.3, -0.25) is 0 Å². The summed E-state index contributed by atoms with van der Waals surface area (Å²) < 4.78 is 7.69. The molecule has 0 fully saturated rings. The molecule has 94 valence electrons. The molecule has 0 saturated heterocycles. The molecule has 6 heteroatoms. The van der Waals surface area contributed by atoms with Crippen LogP contribution in [0.3, 0.4) is 0 Å². The molecule has 2 aromatic heterocycles. The third-order valence-corrected chi connectivity index (χ3v) is 3.30. The van der Waals surface area contributed by atoms with Gasteiger partial charge >= 0.3 is 0 Å². The van der Waals surface area contributed by atoms with E-state index in [0.29, 0.717) is 19.3 Å². The van der Waals surface area contributed by atoms with Gasteiger partial charge in [-0.25, -0.2) is 9.97 Å². The number of aryl methyl sites for hydroxylation is 1. The second-order valence-corrected chi connectivity index (χ2v) is 4.41. The number of hydrogen-bond acceptors (Lipinski definition) is 5. The summed E-state index contributed by atoms with van der Waals surface area (Å²) in [7, 11) is 0. The maximum atomic E-state index is 5.52. The Morgan fingerprint density at radius 3 is 3.11 bits per heavy atom. The lowest BCUT2D eigenvalue weighted by Gasteiger charge is -2.25. The molecule has 0 spiro atoms. The van der Waals surface area contributed by atoms with Gasteiger partial charge < -0.3 is 9.30 Å². The summed E-state index contributed by atoms with van der Waals surface area (Å²) >= 11 is 0. The summed E-state index contributed by atoms with van der Waals surface area (Å²) in [5, 5.41) is 8.48. The highest BCUT2D eigenvalue weighted by Gasteiger charge is 2.25. The Balaban J connectivity index is 2.14. The van der Waals surface area contributed by atoms with Gasteiger partial charge in [0.25, 0.3) is 0 Å². The Morgan fingerprint density at radius 1 is 1.44 bits per heavy atom. The van der Waals surface area contributed by atoms with Crippen LogP contribution in [0.4, 0.5) is 0 Å². The van der Waals surface area contributed by atoms with E-state index in [1.54, 1.807) is 12.5 Å². The first-order valence-corrected chi connectivity index (χ1v) is 6.09. The van der Waals surface area contributed by atoms with Crippen molar-refractivity contribution >= 4 is 0 Å². The molecule has 1 aliphatic rings. The minimum absolute atomic E-state index is 0.290. The predicted molar refractivity (Wildman–Crippen MR) is 64.8 cm³/mol. The quantitative estimate of drug-likeness (QED) is 0.802. The zero-order chi connectivity index (χ0) is 12.5. The average molecular weight is 245 g/mol. The van der Waals surface area contributed by atoms with Gasteiger partial charge in [0.05, 0.1) is 23.9 Å². The van der Waals surface area contributed by atoms with Gasteiger partial charge in [0.1, 0.15) is 12.9 Å². The topological polar surface area (TPSA) is 65.7 Å². The smallest absolute Gasteiger partial charge is 0.167 e. The van der Waals surface area contributed by atoms with Gasteiger partial charge in [-0.15, -0.1) is 10.2 Å². The molecule has 0 N–H and O–H groups in total. The minimum atomic E-state index is 0.290. The molecule has 2 aromatic rings. The summed E-state index contributed by atoms with van der Waals surface area (Å²) in [5.41, 5.74) is 1.86. The molecule has 3 rings (SSSR count). The highest BCUT2D eigenvalue weighted by molar-refractivity contribution is 5.57. The molecule has 0 aliphatic carbocycles. The van der Waals surface area contributed by atoms with E-state index in [-0.39, 0.29) is 0 Å². The van der Waals surface area contributed by atoms with Crippen LogP contribution in [-0.2, 0) is 11.3 Å². The van der Waals surface area contributed by atoms with Crippen LogP contribution in [0.25, 0.3) is 11.4 Å². The van der Waals surface area contributed by atoms with Gasteiger partial charge in [0.15, 0.2) is 11.6 Å². The van der Waals surface area contributed by atoms with E-state index in [1.165, 1.54) is 0 Å². The van der Waals surface area contributed by atoms with Gasteiger partial charge in [0, 0.05) is 6.20 Å². The lowest BCUT2D eigenvalue weighted by Crippen LogP contribution is -2.24. The second kappa shape index (κ2) is 4.45. The van der Waals surface area contributed by atoms with E-state index in [1.807, 2.05) is 6.92 Å². The highest BCUT2D eigenvalue weighted by Crippen LogP contribution is 2.28. The van der Waals surface area contributed by atoms with Crippen molar-refractivity contribution in [3.63, 3.8) is 0 Å². The fourth-order valence-corrected chi connectivity index (χ4v) is 2.26. The second-order valence-electron chi connectivity index (χ2n) is 4.41. The molecule has 0 bridgehead atoms. The highest BCUT2D eigenvalue weighted by atomic mass is 16.5. The maximum absolute atomic E-state index is 5.52. The lowest BCUT2D eigenvalue weighted by atomic mass is 10.1. The molecule has 0 amide bonds. The van der Waals surface area contributed by atoms with Crippen LogP contribution in [0.5, 0.6) is 0 Å².